The van der Waals surface area contributed by atoms with Crippen LogP contribution in [0.15, 0.2) is 60.8 Å². The van der Waals surface area contributed by atoms with Crippen LogP contribution < -0.4 is 19.7 Å². The van der Waals surface area contributed by atoms with Crippen molar-refractivity contribution in [1.29, 1.82) is 0 Å². The fraction of sp³-hybridized carbons (Fsp3) is 0.419. The Balaban J connectivity index is 1.17. The summed E-state index contributed by atoms with van der Waals surface area (Å²) in [5.74, 6) is 2.18. The molecule has 1 unspecified atom stereocenters. The van der Waals surface area contributed by atoms with E-state index in [-0.39, 0.29) is 5.92 Å². The summed E-state index contributed by atoms with van der Waals surface area (Å²) in [4.78, 5) is 6.88. The SMILES string of the molecule is COc1cc(N2CCC(C3(O)CCCN(O)CC3)CC2)ccc1Nc1ncc2ccc(-c3ccccc3OC)n2n1. The summed E-state index contributed by atoms with van der Waals surface area (Å²) >= 11 is 0. The maximum atomic E-state index is 11.4. The highest BCUT2D eigenvalue weighted by molar-refractivity contribution is 5.72. The van der Waals surface area contributed by atoms with E-state index in [2.05, 4.69) is 21.3 Å². The van der Waals surface area contributed by atoms with Crippen LogP contribution in [-0.4, -0.2) is 76.0 Å². The highest BCUT2D eigenvalue weighted by Gasteiger charge is 2.39. The van der Waals surface area contributed by atoms with E-state index in [9.17, 15) is 10.3 Å². The van der Waals surface area contributed by atoms with Crippen LogP contribution in [0.4, 0.5) is 17.3 Å². The third-order valence-electron chi connectivity index (χ3n) is 8.66. The van der Waals surface area contributed by atoms with Gasteiger partial charge in [-0.05, 0) is 74.4 Å². The lowest BCUT2D eigenvalue weighted by Crippen LogP contribution is -2.45. The number of nitrogens with zero attached hydrogens (tertiary/aromatic N) is 5. The quantitative estimate of drug-likeness (QED) is 0.289. The number of aromatic nitrogens is 3. The molecule has 0 amide bonds. The molecule has 2 aliphatic heterocycles. The predicted octanol–water partition coefficient (Wildman–Crippen LogP) is 4.98. The zero-order valence-corrected chi connectivity index (χ0v) is 23.7. The first-order chi connectivity index (χ1) is 20.0. The van der Waals surface area contributed by atoms with Crippen LogP contribution in [0.25, 0.3) is 16.8 Å². The Morgan fingerprint density at radius 2 is 1.73 bits per heavy atom. The van der Waals surface area contributed by atoms with Gasteiger partial charge in [0.15, 0.2) is 0 Å². The van der Waals surface area contributed by atoms with E-state index in [0.717, 1.165) is 72.7 Å². The number of benzene rings is 2. The number of piperidine rings is 1. The molecule has 4 heterocycles. The molecule has 10 nitrogen and oxygen atoms in total. The number of aliphatic hydroxyl groups is 1. The van der Waals surface area contributed by atoms with Crippen molar-refractivity contribution in [3.8, 4) is 22.8 Å². The van der Waals surface area contributed by atoms with Gasteiger partial charge in [0, 0.05) is 43.5 Å². The summed E-state index contributed by atoms with van der Waals surface area (Å²) in [6.45, 7) is 2.90. The van der Waals surface area contributed by atoms with Crippen molar-refractivity contribution in [2.75, 3.05) is 50.6 Å². The number of anilines is 3. The summed E-state index contributed by atoms with van der Waals surface area (Å²) in [5, 5.41) is 30.7. The number of methoxy groups -OCH3 is 2. The fourth-order valence-corrected chi connectivity index (χ4v) is 6.33. The Labute approximate surface area is 240 Å². The van der Waals surface area contributed by atoms with E-state index in [1.807, 2.05) is 53.0 Å². The predicted molar refractivity (Wildman–Crippen MR) is 158 cm³/mol. The van der Waals surface area contributed by atoms with Gasteiger partial charge in [0.2, 0.25) is 5.95 Å². The lowest BCUT2D eigenvalue weighted by molar-refractivity contribution is -0.0985. The number of para-hydroxylation sites is 1. The fourth-order valence-electron chi connectivity index (χ4n) is 6.33. The molecule has 0 radical (unpaired) electrons. The average molecular weight is 559 g/mol. The van der Waals surface area contributed by atoms with E-state index in [0.29, 0.717) is 31.2 Å². The summed E-state index contributed by atoms with van der Waals surface area (Å²) in [5.41, 5.74) is 3.91. The average Bonchev–Trinajstić information content (AvgIpc) is 3.34. The Bertz CT molecular complexity index is 1500. The first-order valence-electron chi connectivity index (χ1n) is 14.3. The summed E-state index contributed by atoms with van der Waals surface area (Å²) in [7, 11) is 3.33. The van der Waals surface area contributed by atoms with E-state index in [4.69, 9.17) is 14.6 Å². The molecule has 1 atom stereocenters. The van der Waals surface area contributed by atoms with Gasteiger partial charge in [-0.1, -0.05) is 12.1 Å². The number of rotatable bonds is 7. The van der Waals surface area contributed by atoms with Gasteiger partial charge < -0.3 is 30.0 Å². The van der Waals surface area contributed by atoms with Crippen LogP contribution in [0, 0.1) is 5.92 Å². The third-order valence-corrected chi connectivity index (χ3v) is 8.66. The number of hydrogen-bond donors (Lipinski definition) is 3. The second-order valence-electron chi connectivity index (χ2n) is 11.0. The molecule has 2 aromatic carbocycles. The normalized spacial score (nSPS) is 20.6. The Hall–Kier alpha value is -3.86. The number of ether oxygens (including phenoxy) is 2. The molecule has 2 aliphatic rings. The Kier molecular flexibility index (Phi) is 7.70. The second kappa shape index (κ2) is 11.6. The minimum Gasteiger partial charge on any atom is -0.496 e. The Morgan fingerprint density at radius 3 is 2.54 bits per heavy atom. The standard InChI is InChI=1S/C31H38N6O4/c1-40-28-7-4-3-6-25(28)27-11-9-24-21-32-30(34-37(24)27)33-26-10-8-23(20-29(26)41-2)35-17-12-22(13-18-35)31(38)14-5-16-36(39)19-15-31/h3-4,6-11,20-22,38-39H,5,12-19H2,1-2H3,(H,33,34). The lowest BCUT2D eigenvalue weighted by atomic mass is 9.76. The number of fused-ring (bicyclic) bond motifs is 1. The minimum atomic E-state index is -0.693. The molecule has 2 saturated heterocycles. The van der Waals surface area contributed by atoms with Gasteiger partial charge in [-0.3, -0.25) is 0 Å². The molecule has 216 valence electrons. The molecule has 0 spiro atoms. The third kappa shape index (κ3) is 5.55. The van der Waals surface area contributed by atoms with E-state index in [1.165, 1.54) is 5.06 Å². The maximum Gasteiger partial charge on any atom is 0.245 e. The zero-order valence-electron chi connectivity index (χ0n) is 23.7. The van der Waals surface area contributed by atoms with Gasteiger partial charge in [-0.2, -0.15) is 5.06 Å². The largest absolute Gasteiger partial charge is 0.496 e. The van der Waals surface area contributed by atoms with Crippen molar-refractivity contribution < 1.29 is 19.8 Å². The van der Waals surface area contributed by atoms with Crippen LogP contribution in [0.3, 0.4) is 0 Å². The highest BCUT2D eigenvalue weighted by Crippen LogP contribution is 2.39. The monoisotopic (exact) mass is 558 g/mol. The summed E-state index contributed by atoms with van der Waals surface area (Å²) in [6.07, 6.45) is 5.83. The lowest BCUT2D eigenvalue weighted by Gasteiger charge is -2.42. The van der Waals surface area contributed by atoms with Crippen LogP contribution in [0.5, 0.6) is 11.5 Å². The van der Waals surface area contributed by atoms with Crippen LogP contribution >= 0.6 is 0 Å². The van der Waals surface area contributed by atoms with E-state index in [1.54, 1.807) is 20.4 Å². The maximum absolute atomic E-state index is 11.4. The molecule has 10 heteroatoms. The first-order valence-corrected chi connectivity index (χ1v) is 14.3. The number of nitrogens with one attached hydrogen (secondary N) is 1. The smallest absolute Gasteiger partial charge is 0.245 e. The number of hydroxylamine groups is 2. The molecule has 6 rings (SSSR count). The molecular formula is C31H38N6O4. The topological polar surface area (TPSA) is 108 Å². The zero-order chi connectivity index (χ0) is 28.4. The molecular weight excluding hydrogens is 520 g/mol. The van der Waals surface area contributed by atoms with Crippen LogP contribution in [-0.2, 0) is 0 Å². The van der Waals surface area contributed by atoms with Crippen molar-refractivity contribution in [3.05, 3.63) is 60.8 Å². The van der Waals surface area contributed by atoms with Gasteiger partial charge in [-0.15, -0.1) is 5.10 Å². The first kappa shape index (κ1) is 27.3. The van der Waals surface area contributed by atoms with Gasteiger partial charge in [0.25, 0.3) is 0 Å². The molecule has 4 aromatic rings. The molecule has 0 bridgehead atoms. The van der Waals surface area contributed by atoms with Crippen molar-refractivity contribution >= 4 is 22.8 Å². The van der Waals surface area contributed by atoms with Gasteiger partial charge in [-0.25, -0.2) is 9.50 Å². The number of hydrogen-bond acceptors (Lipinski definition) is 9. The molecule has 3 N–H and O–H groups in total. The highest BCUT2D eigenvalue weighted by atomic mass is 16.5. The molecule has 2 fully saturated rings. The van der Waals surface area contributed by atoms with Crippen molar-refractivity contribution in [3.63, 3.8) is 0 Å². The van der Waals surface area contributed by atoms with Gasteiger partial charge in [0.05, 0.1) is 42.9 Å². The second-order valence-corrected chi connectivity index (χ2v) is 11.0. The van der Waals surface area contributed by atoms with Crippen molar-refractivity contribution in [1.82, 2.24) is 19.7 Å². The van der Waals surface area contributed by atoms with Crippen LogP contribution in [0.1, 0.15) is 32.1 Å². The summed E-state index contributed by atoms with van der Waals surface area (Å²) in [6, 6.07) is 18.0. The molecule has 41 heavy (non-hydrogen) atoms. The van der Waals surface area contributed by atoms with Gasteiger partial charge in [0.1, 0.15) is 11.5 Å². The van der Waals surface area contributed by atoms with Crippen LogP contribution in [0.2, 0.25) is 0 Å². The Morgan fingerprint density at radius 1 is 0.927 bits per heavy atom. The van der Waals surface area contributed by atoms with E-state index >= 15 is 0 Å². The minimum absolute atomic E-state index is 0.245. The van der Waals surface area contributed by atoms with Crippen molar-refractivity contribution in [2.24, 2.45) is 5.92 Å². The molecule has 0 saturated carbocycles. The van der Waals surface area contributed by atoms with Crippen molar-refractivity contribution in [2.45, 2.75) is 37.7 Å². The van der Waals surface area contributed by atoms with Gasteiger partial charge >= 0.3 is 0 Å². The molecule has 0 aliphatic carbocycles. The van der Waals surface area contributed by atoms with E-state index < -0.39 is 5.60 Å². The summed E-state index contributed by atoms with van der Waals surface area (Å²) < 4.78 is 13.2. The molecule has 2 aromatic heterocycles.